The van der Waals surface area contributed by atoms with Gasteiger partial charge < -0.3 is 15.0 Å². The number of nitrogens with two attached hydrogens (primary N) is 1. The Morgan fingerprint density at radius 3 is 2.59 bits per heavy atom. The molecule has 96 valence electrons. The zero-order valence-corrected chi connectivity index (χ0v) is 11.3. The lowest BCUT2D eigenvalue weighted by atomic mass is 10.0. The summed E-state index contributed by atoms with van der Waals surface area (Å²) in [5.41, 5.74) is 7.01. The highest BCUT2D eigenvalue weighted by molar-refractivity contribution is 5.40. The average molecular weight is 237 g/mol. The van der Waals surface area contributed by atoms with Crippen molar-refractivity contribution in [1.82, 2.24) is 9.55 Å². The summed E-state index contributed by atoms with van der Waals surface area (Å²) in [5, 5.41) is 0. The van der Waals surface area contributed by atoms with E-state index in [-0.39, 0.29) is 5.60 Å². The number of aromatic nitrogens is 2. The number of methoxy groups -OCH3 is 1. The van der Waals surface area contributed by atoms with Gasteiger partial charge in [-0.1, -0.05) is 6.92 Å². The highest BCUT2D eigenvalue weighted by Gasteiger charge is 2.30. The highest BCUT2D eigenvalue weighted by Crippen LogP contribution is 2.39. The van der Waals surface area contributed by atoms with Crippen LogP contribution in [0.15, 0.2) is 0 Å². The second-order valence-electron chi connectivity index (χ2n) is 5.46. The van der Waals surface area contributed by atoms with Crippen LogP contribution in [-0.2, 0) is 17.6 Å². The van der Waals surface area contributed by atoms with Gasteiger partial charge in [0.05, 0.1) is 11.3 Å². The van der Waals surface area contributed by atoms with Gasteiger partial charge in [0.1, 0.15) is 11.6 Å². The minimum atomic E-state index is -0.206. The number of hydrogen-bond acceptors (Lipinski definition) is 3. The summed E-state index contributed by atoms with van der Waals surface area (Å²) >= 11 is 0. The average Bonchev–Trinajstić information content (AvgIpc) is 3.06. The number of imidazole rings is 1. The summed E-state index contributed by atoms with van der Waals surface area (Å²) in [4.78, 5) is 4.68. The molecule has 1 heterocycles. The lowest BCUT2D eigenvalue weighted by Gasteiger charge is -2.21. The van der Waals surface area contributed by atoms with Gasteiger partial charge in [-0.3, -0.25) is 0 Å². The molecule has 0 aromatic carbocycles. The monoisotopic (exact) mass is 237 g/mol. The number of rotatable bonds is 5. The number of nitrogen functional groups attached to an aromatic ring is 1. The minimum Gasteiger partial charge on any atom is -0.384 e. The van der Waals surface area contributed by atoms with E-state index in [9.17, 15) is 0 Å². The van der Waals surface area contributed by atoms with Crippen LogP contribution in [0, 0.1) is 0 Å². The molecule has 0 amide bonds. The Balaban J connectivity index is 2.29. The van der Waals surface area contributed by atoms with Crippen molar-refractivity contribution >= 4 is 5.82 Å². The van der Waals surface area contributed by atoms with E-state index in [1.54, 1.807) is 7.11 Å². The first kappa shape index (κ1) is 12.4. The summed E-state index contributed by atoms with van der Waals surface area (Å²) in [7, 11) is 1.73. The zero-order valence-electron chi connectivity index (χ0n) is 11.3. The Labute approximate surface area is 103 Å². The van der Waals surface area contributed by atoms with Crippen LogP contribution >= 0.6 is 0 Å². The molecule has 2 rings (SSSR count). The summed E-state index contributed by atoms with van der Waals surface area (Å²) in [6, 6.07) is 0.594. The van der Waals surface area contributed by atoms with E-state index in [0.29, 0.717) is 6.04 Å². The van der Waals surface area contributed by atoms with Crippen molar-refractivity contribution in [1.29, 1.82) is 0 Å². The molecule has 0 atom stereocenters. The minimum absolute atomic E-state index is 0.206. The van der Waals surface area contributed by atoms with Crippen LogP contribution in [-0.4, -0.2) is 22.3 Å². The zero-order chi connectivity index (χ0) is 12.6. The van der Waals surface area contributed by atoms with Crippen molar-refractivity contribution in [2.75, 3.05) is 12.8 Å². The molecule has 0 unspecified atom stereocenters. The quantitative estimate of drug-likeness (QED) is 0.855. The Morgan fingerprint density at radius 2 is 2.12 bits per heavy atom. The van der Waals surface area contributed by atoms with Gasteiger partial charge in [-0.15, -0.1) is 0 Å². The molecule has 17 heavy (non-hydrogen) atoms. The largest absolute Gasteiger partial charge is 0.384 e. The second kappa shape index (κ2) is 4.33. The number of nitrogens with zero attached hydrogens (tertiary/aromatic N) is 2. The third-order valence-corrected chi connectivity index (χ3v) is 3.47. The Bertz CT molecular complexity index is 405. The predicted molar refractivity (Wildman–Crippen MR) is 69.1 cm³/mol. The van der Waals surface area contributed by atoms with Crippen LogP contribution in [0.25, 0.3) is 0 Å². The van der Waals surface area contributed by atoms with Crippen LogP contribution in [0.2, 0.25) is 0 Å². The van der Waals surface area contributed by atoms with Crippen LogP contribution in [0.3, 0.4) is 0 Å². The van der Waals surface area contributed by atoms with Crippen LogP contribution < -0.4 is 5.73 Å². The lowest BCUT2D eigenvalue weighted by Crippen LogP contribution is -2.26. The van der Waals surface area contributed by atoms with E-state index in [1.807, 2.05) is 0 Å². The predicted octanol–water partition coefficient (Wildman–Crippen LogP) is 2.33. The van der Waals surface area contributed by atoms with Crippen LogP contribution in [0.5, 0.6) is 0 Å². The fraction of sp³-hybridized carbons (Fsp3) is 0.769. The number of aryl methyl sites for hydroxylation is 1. The summed E-state index contributed by atoms with van der Waals surface area (Å²) in [6.45, 7) is 6.26. The van der Waals surface area contributed by atoms with Crippen molar-refractivity contribution in [3.8, 4) is 0 Å². The van der Waals surface area contributed by atoms with Gasteiger partial charge in [0, 0.05) is 26.0 Å². The SMILES string of the molecule is CCc1nc(CC(C)(C)OC)c(N)n1C1CC1. The number of ether oxygens (including phenoxy) is 1. The summed E-state index contributed by atoms with van der Waals surface area (Å²) in [5.74, 6) is 1.96. The van der Waals surface area contributed by atoms with E-state index < -0.39 is 0 Å². The molecule has 0 radical (unpaired) electrons. The molecule has 1 aromatic rings. The van der Waals surface area contributed by atoms with Gasteiger partial charge >= 0.3 is 0 Å². The fourth-order valence-electron chi connectivity index (χ4n) is 2.14. The Kier molecular flexibility index (Phi) is 3.17. The van der Waals surface area contributed by atoms with Gasteiger partial charge in [-0.05, 0) is 26.7 Å². The molecule has 1 saturated carbocycles. The third kappa shape index (κ3) is 2.46. The maximum Gasteiger partial charge on any atom is 0.127 e. The molecule has 0 bridgehead atoms. The smallest absolute Gasteiger partial charge is 0.127 e. The third-order valence-electron chi connectivity index (χ3n) is 3.47. The number of anilines is 1. The van der Waals surface area contributed by atoms with Gasteiger partial charge in [0.15, 0.2) is 0 Å². The topological polar surface area (TPSA) is 53.1 Å². The van der Waals surface area contributed by atoms with Crippen LogP contribution in [0.1, 0.15) is 51.2 Å². The van der Waals surface area contributed by atoms with Crippen molar-refractivity contribution in [2.24, 2.45) is 0 Å². The van der Waals surface area contributed by atoms with Gasteiger partial charge in [-0.25, -0.2) is 4.98 Å². The maximum atomic E-state index is 6.23. The molecule has 0 saturated heterocycles. The van der Waals surface area contributed by atoms with Gasteiger partial charge in [0.25, 0.3) is 0 Å². The van der Waals surface area contributed by atoms with E-state index in [0.717, 1.165) is 30.2 Å². The first-order valence-corrected chi connectivity index (χ1v) is 6.39. The molecule has 0 aliphatic heterocycles. The molecule has 0 spiro atoms. The van der Waals surface area contributed by atoms with E-state index in [4.69, 9.17) is 10.5 Å². The molecule has 1 aliphatic carbocycles. The van der Waals surface area contributed by atoms with Gasteiger partial charge in [-0.2, -0.15) is 0 Å². The van der Waals surface area contributed by atoms with E-state index >= 15 is 0 Å². The van der Waals surface area contributed by atoms with Crippen molar-refractivity contribution in [2.45, 2.75) is 58.1 Å². The Hall–Kier alpha value is -1.03. The molecule has 1 aromatic heterocycles. The second-order valence-corrected chi connectivity index (χ2v) is 5.46. The highest BCUT2D eigenvalue weighted by atomic mass is 16.5. The molecular formula is C13H23N3O. The molecule has 4 nitrogen and oxygen atoms in total. The lowest BCUT2D eigenvalue weighted by molar-refractivity contribution is 0.0226. The molecule has 4 heteroatoms. The van der Waals surface area contributed by atoms with Crippen LogP contribution in [0.4, 0.5) is 5.82 Å². The van der Waals surface area contributed by atoms with E-state index in [1.165, 1.54) is 12.8 Å². The normalized spacial score (nSPS) is 16.5. The van der Waals surface area contributed by atoms with Crippen molar-refractivity contribution in [3.05, 3.63) is 11.5 Å². The Morgan fingerprint density at radius 1 is 1.47 bits per heavy atom. The first-order valence-electron chi connectivity index (χ1n) is 6.39. The first-order chi connectivity index (χ1) is 7.98. The van der Waals surface area contributed by atoms with Crippen molar-refractivity contribution in [3.63, 3.8) is 0 Å². The number of hydrogen-bond donors (Lipinski definition) is 1. The van der Waals surface area contributed by atoms with Gasteiger partial charge in [0.2, 0.25) is 0 Å². The standard InChI is InChI=1S/C13H23N3O/c1-5-11-15-10(8-13(2,3)17-4)12(14)16(11)9-6-7-9/h9H,5-8,14H2,1-4H3. The maximum absolute atomic E-state index is 6.23. The van der Waals surface area contributed by atoms with Crippen molar-refractivity contribution < 1.29 is 4.74 Å². The molecule has 2 N–H and O–H groups in total. The fourth-order valence-corrected chi connectivity index (χ4v) is 2.14. The summed E-state index contributed by atoms with van der Waals surface area (Å²) in [6.07, 6.45) is 4.18. The molecule has 1 fully saturated rings. The molecule has 1 aliphatic rings. The molecular weight excluding hydrogens is 214 g/mol. The van der Waals surface area contributed by atoms with E-state index in [2.05, 4.69) is 30.3 Å². The summed E-state index contributed by atoms with van der Waals surface area (Å²) < 4.78 is 7.67.